The molecule has 3 N–H and O–H groups in total. The molecule has 0 saturated heterocycles. The minimum Gasteiger partial charge on any atom is -0.481 e. The summed E-state index contributed by atoms with van der Waals surface area (Å²) in [4.78, 5) is 22.6. The van der Waals surface area contributed by atoms with Crippen LogP contribution in [0.3, 0.4) is 0 Å². The summed E-state index contributed by atoms with van der Waals surface area (Å²) in [7, 11) is 0. The summed E-state index contributed by atoms with van der Waals surface area (Å²) < 4.78 is 13.0. The van der Waals surface area contributed by atoms with Crippen LogP contribution in [-0.4, -0.2) is 23.7 Å². The fourth-order valence-corrected chi connectivity index (χ4v) is 1.91. The Bertz CT molecular complexity index is 523. The van der Waals surface area contributed by atoms with E-state index in [9.17, 15) is 14.0 Å². The lowest BCUT2D eigenvalue weighted by Gasteiger charge is -2.17. The van der Waals surface area contributed by atoms with E-state index in [1.165, 1.54) is 18.2 Å². The summed E-state index contributed by atoms with van der Waals surface area (Å²) in [6.45, 7) is 3.77. The van der Waals surface area contributed by atoms with Gasteiger partial charge in [-0.15, -0.1) is 0 Å². The molecular weight excluding hydrogens is 299 g/mol. The van der Waals surface area contributed by atoms with Gasteiger partial charge >= 0.3 is 12.0 Å². The molecule has 0 fully saturated rings. The normalized spacial score (nSPS) is 12.0. The van der Waals surface area contributed by atoms with Crippen LogP contribution in [0, 0.1) is 17.7 Å². The van der Waals surface area contributed by atoms with Crippen LogP contribution in [0.4, 0.5) is 9.18 Å². The van der Waals surface area contributed by atoms with Gasteiger partial charge in [0.05, 0.1) is 10.9 Å². The first-order valence-electron chi connectivity index (χ1n) is 6.49. The van der Waals surface area contributed by atoms with Crippen molar-refractivity contribution in [2.24, 2.45) is 11.8 Å². The first-order valence-corrected chi connectivity index (χ1v) is 6.87. The standard InChI is InChI=1S/C14H18ClFN2O3/c1-8(2)10(13(19)20)7-18-14(21)17-6-9-3-4-12(16)11(15)5-9/h3-5,8,10H,6-7H2,1-2H3,(H,19,20)(H2,17,18,21). The molecule has 0 aromatic heterocycles. The summed E-state index contributed by atoms with van der Waals surface area (Å²) in [5, 5.41) is 14.0. The molecule has 21 heavy (non-hydrogen) atoms. The van der Waals surface area contributed by atoms with Crippen LogP contribution >= 0.6 is 11.6 Å². The molecule has 2 amide bonds. The Morgan fingerprint density at radius 2 is 2.00 bits per heavy atom. The Morgan fingerprint density at radius 1 is 1.33 bits per heavy atom. The molecule has 0 radical (unpaired) electrons. The maximum absolute atomic E-state index is 13.0. The summed E-state index contributed by atoms with van der Waals surface area (Å²) in [6, 6.07) is 3.67. The Balaban J connectivity index is 2.43. The van der Waals surface area contributed by atoms with Gasteiger partial charge in [0.25, 0.3) is 0 Å². The smallest absolute Gasteiger partial charge is 0.315 e. The molecule has 7 heteroatoms. The SMILES string of the molecule is CC(C)C(CNC(=O)NCc1ccc(F)c(Cl)c1)C(=O)O. The number of carboxylic acids is 1. The first-order chi connectivity index (χ1) is 9.81. The number of halogens is 2. The molecule has 1 rings (SSSR count). The van der Waals surface area contributed by atoms with Gasteiger partial charge in [0.2, 0.25) is 0 Å². The van der Waals surface area contributed by atoms with Crippen LogP contribution in [0.25, 0.3) is 0 Å². The quantitative estimate of drug-likeness (QED) is 0.755. The van der Waals surface area contributed by atoms with Gasteiger partial charge < -0.3 is 15.7 Å². The van der Waals surface area contributed by atoms with Crippen molar-refractivity contribution in [2.45, 2.75) is 20.4 Å². The van der Waals surface area contributed by atoms with Crippen LogP contribution in [0.2, 0.25) is 5.02 Å². The molecular formula is C14H18ClFN2O3. The molecule has 1 aromatic rings. The highest BCUT2D eigenvalue weighted by molar-refractivity contribution is 6.30. The van der Waals surface area contributed by atoms with Crippen LogP contribution in [0.1, 0.15) is 19.4 Å². The average Bonchev–Trinajstić information content (AvgIpc) is 2.39. The third-order valence-corrected chi connectivity index (χ3v) is 3.33. The first kappa shape index (κ1) is 17.2. The van der Waals surface area contributed by atoms with Gasteiger partial charge in [0.1, 0.15) is 5.82 Å². The fourth-order valence-electron chi connectivity index (χ4n) is 1.71. The number of carbonyl (C=O) groups excluding carboxylic acids is 1. The van der Waals surface area contributed by atoms with Crippen molar-refractivity contribution in [1.29, 1.82) is 0 Å². The van der Waals surface area contributed by atoms with E-state index in [4.69, 9.17) is 16.7 Å². The molecule has 1 unspecified atom stereocenters. The lowest BCUT2D eigenvalue weighted by atomic mass is 9.96. The molecule has 0 aliphatic heterocycles. The van der Waals surface area contributed by atoms with Gasteiger partial charge in [-0.2, -0.15) is 0 Å². The lowest BCUT2D eigenvalue weighted by molar-refractivity contribution is -0.142. The van der Waals surface area contributed by atoms with E-state index in [1.807, 2.05) is 0 Å². The van der Waals surface area contributed by atoms with Crippen LogP contribution in [0.15, 0.2) is 18.2 Å². The van der Waals surface area contributed by atoms with Crippen LogP contribution < -0.4 is 10.6 Å². The van der Waals surface area contributed by atoms with Gasteiger partial charge in [0.15, 0.2) is 0 Å². The third kappa shape index (κ3) is 5.59. The van der Waals surface area contributed by atoms with Crippen molar-refractivity contribution in [2.75, 3.05) is 6.54 Å². The maximum atomic E-state index is 13.0. The largest absolute Gasteiger partial charge is 0.481 e. The zero-order valence-corrected chi connectivity index (χ0v) is 12.6. The van der Waals surface area contributed by atoms with E-state index in [-0.39, 0.29) is 24.0 Å². The minimum absolute atomic E-state index is 0.0135. The van der Waals surface area contributed by atoms with Crippen molar-refractivity contribution in [3.63, 3.8) is 0 Å². The summed E-state index contributed by atoms with van der Waals surface area (Å²) in [5.41, 5.74) is 0.648. The number of carbonyl (C=O) groups is 2. The molecule has 0 spiro atoms. The summed E-state index contributed by atoms with van der Waals surface area (Å²) in [5.74, 6) is -2.20. The Kier molecular flexibility index (Phi) is 6.42. The lowest BCUT2D eigenvalue weighted by Crippen LogP contribution is -2.41. The van der Waals surface area contributed by atoms with Crippen molar-refractivity contribution >= 4 is 23.6 Å². The molecule has 0 bridgehead atoms. The number of nitrogens with one attached hydrogen (secondary N) is 2. The van der Waals surface area contributed by atoms with Gasteiger partial charge in [-0.05, 0) is 23.6 Å². The third-order valence-electron chi connectivity index (χ3n) is 3.04. The summed E-state index contributed by atoms with van der Waals surface area (Å²) in [6.07, 6.45) is 0. The number of rotatable bonds is 6. The van der Waals surface area contributed by atoms with Gasteiger partial charge in [0, 0.05) is 13.1 Å². The number of urea groups is 1. The van der Waals surface area contributed by atoms with Gasteiger partial charge in [-0.25, -0.2) is 9.18 Å². The van der Waals surface area contributed by atoms with Gasteiger partial charge in [-0.1, -0.05) is 31.5 Å². The van der Waals surface area contributed by atoms with E-state index >= 15 is 0 Å². The second-order valence-electron chi connectivity index (χ2n) is 5.00. The number of benzene rings is 1. The highest BCUT2D eigenvalue weighted by Gasteiger charge is 2.21. The highest BCUT2D eigenvalue weighted by Crippen LogP contribution is 2.15. The average molecular weight is 317 g/mol. The molecule has 1 atom stereocenters. The number of carboxylic acid groups (broad SMARTS) is 1. The van der Waals surface area contributed by atoms with Crippen LogP contribution in [-0.2, 0) is 11.3 Å². The molecule has 116 valence electrons. The van der Waals surface area contributed by atoms with E-state index in [0.717, 1.165) is 0 Å². The molecule has 0 saturated carbocycles. The summed E-state index contributed by atoms with van der Waals surface area (Å²) >= 11 is 5.63. The van der Waals surface area contributed by atoms with Crippen LogP contribution in [0.5, 0.6) is 0 Å². The highest BCUT2D eigenvalue weighted by atomic mass is 35.5. The number of aliphatic carboxylic acids is 1. The number of hydrogen-bond acceptors (Lipinski definition) is 2. The van der Waals surface area contributed by atoms with Crippen molar-refractivity contribution in [1.82, 2.24) is 10.6 Å². The second kappa shape index (κ2) is 7.83. The number of hydrogen-bond donors (Lipinski definition) is 3. The van der Waals surface area contributed by atoms with E-state index in [1.54, 1.807) is 13.8 Å². The Labute approximate surface area is 127 Å². The topological polar surface area (TPSA) is 78.4 Å². The maximum Gasteiger partial charge on any atom is 0.315 e. The zero-order chi connectivity index (χ0) is 16.0. The monoisotopic (exact) mass is 316 g/mol. The molecule has 1 aromatic carbocycles. The predicted octanol–water partition coefficient (Wildman–Crippen LogP) is 2.64. The Hall–Kier alpha value is -1.82. The zero-order valence-electron chi connectivity index (χ0n) is 11.8. The van der Waals surface area contributed by atoms with Crippen molar-refractivity contribution in [3.8, 4) is 0 Å². The number of amides is 2. The second-order valence-corrected chi connectivity index (χ2v) is 5.41. The molecule has 0 aliphatic carbocycles. The van der Waals surface area contributed by atoms with E-state index in [0.29, 0.717) is 5.56 Å². The molecule has 0 aliphatic rings. The molecule has 0 heterocycles. The Morgan fingerprint density at radius 3 is 2.52 bits per heavy atom. The predicted molar refractivity (Wildman–Crippen MR) is 77.6 cm³/mol. The van der Waals surface area contributed by atoms with Gasteiger partial charge in [-0.3, -0.25) is 4.79 Å². The fraction of sp³-hybridized carbons (Fsp3) is 0.429. The van der Waals surface area contributed by atoms with Crippen molar-refractivity contribution in [3.05, 3.63) is 34.6 Å². The van der Waals surface area contributed by atoms with E-state index < -0.39 is 23.7 Å². The van der Waals surface area contributed by atoms with Crippen molar-refractivity contribution < 1.29 is 19.1 Å². The minimum atomic E-state index is -0.949. The van der Waals surface area contributed by atoms with E-state index in [2.05, 4.69) is 10.6 Å². The molecule has 5 nitrogen and oxygen atoms in total.